The topological polar surface area (TPSA) is 49.4 Å². The van der Waals surface area contributed by atoms with Crippen molar-refractivity contribution in [1.29, 1.82) is 0 Å². The summed E-state index contributed by atoms with van der Waals surface area (Å²) in [5.41, 5.74) is 0.748. The van der Waals surface area contributed by atoms with E-state index >= 15 is 0 Å². The van der Waals surface area contributed by atoms with Gasteiger partial charge in [0.2, 0.25) is 11.8 Å². The number of hydrogen-bond acceptors (Lipinski definition) is 2. The summed E-state index contributed by atoms with van der Waals surface area (Å²) in [6, 6.07) is 7.30. The third kappa shape index (κ3) is 2.18. The third-order valence-corrected chi connectivity index (χ3v) is 2.71. The summed E-state index contributed by atoms with van der Waals surface area (Å²) in [6.45, 7) is 0.176. The van der Waals surface area contributed by atoms with Gasteiger partial charge in [0, 0.05) is 10.2 Å². The molecular weight excluding hydrogens is 260 g/mol. The molecule has 2 amide bonds. The zero-order valence-corrected chi connectivity index (χ0v) is 9.45. The molecule has 0 aromatic heterocycles. The van der Waals surface area contributed by atoms with Crippen LogP contribution in [0.5, 0.6) is 0 Å². The van der Waals surface area contributed by atoms with E-state index in [1.54, 1.807) is 12.1 Å². The van der Waals surface area contributed by atoms with Crippen LogP contribution in [0.3, 0.4) is 0 Å². The lowest BCUT2D eigenvalue weighted by molar-refractivity contribution is -0.128. The number of nitrogens with one attached hydrogen (secondary N) is 1. The zero-order valence-electron chi connectivity index (χ0n) is 7.87. The lowest BCUT2D eigenvalue weighted by Crippen LogP contribution is -2.51. The molecule has 0 unspecified atom stereocenters. The van der Waals surface area contributed by atoms with Gasteiger partial charge in [-0.1, -0.05) is 15.9 Å². The summed E-state index contributed by atoms with van der Waals surface area (Å²) in [5.74, 6) is -0.213. The van der Waals surface area contributed by atoms with Gasteiger partial charge in [0.25, 0.3) is 0 Å². The average molecular weight is 269 g/mol. The van der Waals surface area contributed by atoms with Crippen molar-refractivity contribution in [2.24, 2.45) is 0 Å². The number of halogens is 1. The van der Waals surface area contributed by atoms with Gasteiger partial charge in [-0.15, -0.1) is 0 Å². The standard InChI is InChI=1S/C10H9BrN2O2/c11-7-1-3-8(4-2-7)13-6-9(14)12-5-10(13)15/h1-4H,5-6H2,(H,12,14). The van der Waals surface area contributed by atoms with Gasteiger partial charge in [0.1, 0.15) is 6.54 Å². The van der Waals surface area contributed by atoms with Crippen molar-refractivity contribution >= 4 is 33.4 Å². The second-order valence-corrected chi connectivity index (χ2v) is 4.15. The highest BCUT2D eigenvalue weighted by atomic mass is 79.9. The van der Waals surface area contributed by atoms with Gasteiger partial charge in [-0.25, -0.2) is 0 Å². The first-order valence-corrected chi connectivity index (χ1v) is 5.29. The van der Waals surface area contributed by atoms with Crippen molar-refractivity contribution in [2.75, 3.05) is 18.0 Å². The third-order valence-electron chi connectivity index (χ3n) is 2.18. The number of hydrogen-bond donors (Lipinski definition) is 1. The van der Waals surface area contributed by atoms with E-state index in [9.17, 15) is 9.59 Å². The van der Waals surface area contributed by atoms with Crippen molar-refractivity contribution in [1.82, 2.24) is 5.32 Å². The minimum atomic E-state index is -0.127. The Kier molecular flexibility index (Phi) is 2.73. The van der Waals surface area contributed by atoms with Gasteiger partial charge in [0.05, 0.1) is 6.54 Å². The Morgan fingerprint density at radius 3 is 2.53 bits per heavy atom. The molecule has 0 radical (unpaired) electrons. The largest absolute Gasteiger partial charge is 0.345 e. The number of benzene rings is 1. The highest BCUT2D eigenvalue weighted by Crippen LogP contribution is 2.19. The smallest absolute Gasteiger partial charge is 0.246 e. The van der Waals surface area contributed by atoms with E-state index in [0.29, 0.717) is 0 Å². The summed E-state index contributed by atoms with van der Waals surface area (Å²) in [4.78, 5) is 24.1. The number of piperazine rings is 1. The average Bonchev–Trinajstić information content (AvgIpc) is 2.23. The predicted octanol–water partition coefficient (Wildman–Crippen LogP) is 0.912. The van der Waals surface area contributed by atoms with Crippen LogP contribution in [0, 0.1) is 0 Å². The molecule has 1 saturated heterocycles. The molecule has 4 nitrogen and oxygen atoms in total. The van der Waals surface area contributed by atoms with Crippen LogP contribution in [0.1, 0.15) is 0 Å². The number of carbonyl (C=O) groups is 2. The fraction of sp³-hybridized carbons (Fsp3) is 0.200. The van der Waals surface area contributed by atoms with E-state index in [2.05, 4.69) is 21.2 Å². The molecule has 1 aromatic carbocycles. The van der Waals surface area contributed by atoms with Crippen molar-refractivity contribution in [2.45, 2.75) is 0 Å². The predicted molar refractivity (Wildman–Crippen MR) is 59.5 cm³/mol. The van der Waals surface area contributed by atoms with Crippen molar-refractivity contribution in [3.8, 4) is 0 Å². The molecule has 0 atom stereocenters. The number of carbonyl (C=O) groups excluding carboxylic acids is 2. The fourth-order valence-electron chi connectivity index (χ4n) is 1.41. The van der Waals surface area contributed by atoms with Crippen LogP contribution >= 0.6 is 15.9 Å². The molecular formula is C10H9BrN2O2. The van der Waals surface area contributed by atoms with Crippen LogP contribution < -0.4 is 10.2 Å². The Hall–Kier alpha value is -1.36. The number of amides is 2. The van der Waals surface area contributed by atoms with E-state index in [0.717, 1.165) is 10.2 Å². The maximum Gasteiger partial charge on any atom is 0.246 e. The molecule has 1 fully saturated rings. The maximum atomic E-state index is 11.5. The van der Waals surface area contributed by atoms with E-state index in [-0.39, 0.29) is 24.9 Å². The molecule has 5 heteroatoms. The van der Waals surface area contributed by atoms with Crippen LogP contribution in [0.25, 0.3) is 0 Å². The summed E-state index contributed by atoms with van der Waals surface area (Å²) >= 11 is 3.31. The van der Waals surface area contributed by atoms with Gasteiger partial charge in [-0.05, 0) is 24.3 Å². The van der Waals surface area contributed by atoms with Gasteiger partial charge < -0.3 is 10.2 Å². The first-order valence-electron chi connectivity index (χ1n) is 4.49. The van der Waals surface area contributed by atoms with Gasteiger partial charge in [0.15, 0.2) is 0 Å². The first kappa shape index (κ1) is 10.2. The minimum absolute atomic E-state index is 0.0783. The monoisotopic (exact) mass is 268 g/mol. The molecule has 78 valence electrons. The van der Waals surface area contributed by atoms with Crippen molar-refractivity contribution < 1.29 is 9.59 Å². The Balaban J connectivity index is 2.25. The van der Waals surface area contributed by atoms with Crippen LogP contribution in [-0.2, 0) is 9.59 Å². The second kappa shape index (κ2) is 4.02. The van der Waals surface area contributed by atoms with Crippen LogP contribution in [0.15, 0.2) is 28.7 Å². The van der Waals surface area contributed by atoms with Crippen LogP contribution in [-0.4, -0.2) is 24.9 Å². The molecule has 0 bridgehead atoms. The normalized spacial score (nSPS) is 16.5. The van der Waals surface area contributed by atoms with Crippen molar-refractivity contribution in [3.63, 3.8) is 0 Å². The Morgan fingerprint density at radius 1 is 1.20 bits per heavy atom. The molecule has 0 spiro atoms. The molecule has 1 aromatic rings. The highest BCUT2D eigenvalue weighted by molar-refractivity contribution is 9.10. The lowest BCUT2D eigenvalue weighted by atomic mass is 10.2. The summed E-state index contributed by atoms with van der Waals surface area (Å²) in [6.07, 6.45) is 0. The van der Waals surface area contributed by atoms with Crippen LogP contribution in [0.4, 0.5) is 5.69 Å². The van der Waals surface area contributed by atoms with E-state index in [1.807, 2.05) is 12.1 Å². The molecule has 1 aliphatic rings. The first-order chi connectivity index (χ1) is 7.16. The van der Waals surface area contributed by atoms with Gasteiger partial charge in [-0.2, -0.15) is 0 Å². The Labute approximate surface area is 95.4 Å². The second-order valence-electron chi connectivity index (χ2n) is 3.23. The molecule has 1 heterocycles. The number of nitrogens with zero attached hydrogens (tertiary/aromatic N) is 1. The molecule has 15 heavy (non-hydrogen) atoms. The van der Waals surface area contributed by atoms with E-state index in [4.69, 9.17) is 0 Å². The van der Waals surface area contributed by atoms with Gasteiger partial charge in [-0.3, -0.25) is 9.59 Å². The quantitative estimate of drug-likeness (QED) is 0.823. The molecule has 2 rings (SSSR count). The molecule has 0 aliphatic carbocycles. The lowest BCUT2D eigenvalue weighted by Gasteiger charge is -2.26. The summed E-state index contributed by atoms with van der Waals surface area (Å²) < 4.78 is 0.945. The van der Waals surface area contributed by atoms with Crippen LogP contribution in [0.2, 0.25) is 0 Å². The van der Waals surface area contributed by atoms with E-state index < -0.39 is 0 Å². The highest BCUT2D eigenvalue weighted by Gasteiger charge is 2.23. The molecule has 1 aliphatic heterocycles. The fourth-order valence-corrected chi connectivity index (χ4v) is 1.68. The minimum Gasteiger partial charge on any atom is -0.345 e. The van der Waals surface area contributed by atoms with Crippen molar-refractivity contribution in [3.05, 3.63) is 28.7 Å². The number of rotatable bonds is 1. The maximum absolute atomic E-state index is 11.5. The zero-order chi connectivity index (χ0) is 10.8. The summed E-state index contributed by atoms with van der Waals surface area (Å²) in [7, 11) is 0. The Morgan fingerprint density at radius 2 is 1.87 bits per heavy atom. The Bertz CT molecular complexity index is 402. The SMILES string of the molecule is O=C1CN(c2ccc(Br)cc2)C(=O)CN1. The number of anilines is 1. The van der Waals surface area contributed by atoms with E-state index in [1.165, 1.54) is 4.90 Å². The summed E-state index contributed by atoms with van der Waals surface area (Å²) in [5, 5.41) is 2.50. The molecule has 0 saturated carbocycles. The van der Waals surface area contributed by atoms with Gasteiger partial charge >= 0.3 is 0 Å². The molecule has 1 N–H and O–H groups in total.